The van der Waals surface area contributed by atoms with Gasteiger partial charge in [0.15, 0.2) is 0 Å². The van der Waals surface area contributed by atoms with Crippen molar-refractivity contribution in [1.82, 2.24) is 26.6 Å². The van der Waals surface area contributed by atoms with E-state index in [0.29, 0.717) is 17.1 Å². The summed E-state index contributed by atoms with van der Waals surface area (Å²) in [4.78, 5) is 53.4. The molecule has 0 aliphatic carbocycles. The number of rotatable bonds is 20. The highest BCUT2D eigenvalue weighted by atomic mass is 16.5. The second kappa shape index (κ2) is 21.7. The fourth-order valence-electron chi connectivity index (χ4n) is 5.77. The Kier molecular flexibility index (Phi) is 16.5. The van der Waals surface area contributed by atoms with Crippen LogP contribution < -0.4 is 36.1 Å². The molecular weight excluding hydrogens is 718 g/mol. The third kappa shape index (κ3) is 13.3. The highest BCUT2D eigenvalue weighted by Crippen LogP contribution is 2.23. The number of hydrogen-bond acceptors (Lipinski definition) is 10. The van der Waals surface area contributed by atoms with Gasteiger partial charge in [-0.3, -0.25) is 19.7 Å². The molecule has 56 heavy (non-hydrogen) atoms. The minimum absolute atomic E-state index is 0.0135. The van der Waals surface area contributed by atoms with Gasteiger partial charge in [-0.25, -0.2) is 4.79 Å². The van der Waals surface area contributed by atoms with Gasteiger partial charge in [0, 0.05) is 24.7 Å². The van der Waals surface area contributed by atoms with Crippen molar-refractivity contribution in [2.24, 2.45) is 5.92 Å². The van der Waals surface area contributed by atoms with Crippen LogP contribution in [-0.4, -0.2) is 79.0 Å². The van der Waals surface area contributed by atoms with Gasteiger partial charge in [0.1, 0.15) is 42.5 Å². The van der Waals surface area contributed by atoms with Gasteiger partial charge in [-0.15, -0.1) is 0 Å². The predicted octanol–water partition coefficient (Wildman–Crippen LogP) is 3.34. The summed E-state index contributed by atoms with van der Waals surface area (Å²) in [7, 11) is 3.03. The molecule has 4 unspecified atom stereocenters. The zero-order chi connectivity index (χ0) is 40.5. The molecule has 4 atom stereocenters. The van der Waals surface area contributed by atoms with Crippen LogP contribution in [0, 0.1) is 5.92 Å². The van der Waals surface area contributed by atoms with Crippen LogP contribution in [0.5, 0.6) is 17.2 Å². The average molecular weight is 770 g/mol. The van der Waals surface area contributed by atoms with E-state index in [1.165, 1.54) is 13.2 Å². The molecule has 0 aliphatic heterocycles. The molecule has 4 aromatic carbocycles. The zero-order valence-electron chi connectivity index (χ0n) is 32.0. The number of phenols is 1. The average Bonchev–Trinajstić information content (AvgIpc) is 3.21. The Hall–Kier alpha value is -6.12. The lowest BCUT2D eigenvalue weighted by Crippen LogP contribution is -2.62. The van der Waals surface area contributed by atoms with E-state index in [0.717, 1.165) is 16.7 Å². The van der Waals surface area contributed by atoms with Crippen molar-refractivity contribution in [3.63, 3.8) is 0 Å². The summed E-state index contributed by atoms with van der Waals surface area (Å²) in [6, 6.07) is 26.6. The van der Waals surface area contributed by atoms with E-state index in [-0.39, 0.29) is 37.8 Å². The number of ether oxygens (including phenoxy) is 3. The van der Waals surface area contributed by atoms with Crippen LogP contribution in [0.15, 0.2) is 103 Å². The second-order valence-corrected chi connectivity index (χ2v) is 13.4. The Morgan fingerprint density at radius 1 is 0.679 bits per heavy atom. The van der Waals surface area contributed by atoms with Crippen LogP contribution in [0.4, 0.5) is 4.79 Å². The van der Waals surface area contributed by atoms with Gasteiger partial charge in [0.2, 0.25) is 17.7 Å². The normalized spacial score (nSPS) is 13.0. The van der Waals surface area contributed by atoms with Crippen molar-refractivity contribution in [2.45, 2.75) is 64.2 Å². The second-order valence-electron chi connectivity index (χ2n) is 13.4. The lowest BCUT2D eigenvalue weighted by Gasteiger charge is -2.32. The zero-order valence-corrected chi connectivity index (χ0v) is 32.0. The number of nitrogens with one attached hydrogen (secondary N) is 5. The molecule has 0 saturated heterocycles. The van der Waals surface area contributed by atoms with E-state index >= 15 is 0 Å². The summed E-state index contributed by atoms with van der Waals surface area (Å²) >= 11 is 0. The molecule has 7 N–H and O–H groups in total. The van der Waals surface area contributed by atoms with Gasteiger partial charge in [-0.1, -0.05) is 86.6 Å². The van der Waals surface area contributed by atoms with Crippen molar-refractivity contribution in [3.05, 3.63) is 125 Å². The molecule has 4 amide bonds. The van der Waals surface area contributed by atoms with Crippen molar-refractivity contribution in [1.29, 1.82) is 0 Å². The molecule has 4 aromatic rings. The number of aliphatic hydroxyl groups excluding tert-OH is 1. The highest BCUT2D eigenvalue weighted by Gasteiger charge is 2.36. The van der Waals surface area contributed by atoms with Crippen LogP contribution in [0.25, 0.3) is 0 Å². The number of aromatic hydroxyl groups is 1. The minimum Gasteiger partial charge on any atom is -0.507 e. The lowest BCUT2D eigenvalue weighted by atomic mass is 9.94. The number of carbonyl (C=O) groups is 4. The first-order chi connectivity index (χ1) is 27.0. The van der Waals surface area contributed by atoms with Crippen LogP contribution in [-0.2, 0) is 45.2 Å². The number of benzene rings is 4. The third-order valence-electron chi connectivity index (χ3n) is 8.96. The Balaban J connectivity index is 1.52. The minimum atomic E-state index is -1.53. The number of aliphatic hydroxyl groups is 1. The maximum absolute atomic E-state index is 14.2. The molecule has 0 radical (unpaired) electrons. The monoisotopic (exact) mass is 769 g/mol. The molecule has 0 heterocycles. The first kappa shape index (κ1) is 42.6. The Labute approximate surface area is 326 Å². The summed E-state index contributed by atoms with van der Waals surface area (Å²) < 4.78 is 15.6. The number of hydrogen-bond donors (Lipinski definition) is 7. The summed E-state index contributed by atoms with van der Waals surface area (Å²) in [5.41, 5.74) is 2.76. The van der Waals surface area contributed by atoms with E-state index in [1.807, 2.05) is 48.5 Å². The largest absolute Gasteiger partial charge is 0.507 e. The molecule has 0 fully saturated rings. The van der Waals surface area contributed by atoms with Gasteiger partial charge in [-0.05, 0) is 53.3 Å². The summed E-state index contributed by atoms with van der Waals surface area (Å²) in [5, 5.41) is 36.3. The Morgan fingerprint density at radius 3 is 1.91 bits per heavy atom. The van der Waals surface area contributed by atoms with E-state index in [9.17, 15) is 29.4 Å². The van der Waals surface area contributed by atoms with Crippen molar-refractivity contribution < 1.29 is 43.6 Å². The number of amides is 4. The molecule has 0 spiro atoms. The first-order valence-electron chi connectivity index (χ1n) is 18.2. The summed E-state index contributed by atoms with van der Waals surface area (Å²) in [6.45, 7) is 3.20. The first-order valence-corrected chi connectivity index (χ1v) is 18.2. The molecule has 0 bridgehead atoms. The number of carbonyl (C=O) groups excluding carboxylic acids is 4. The lowest BCUT2D eigenvalue weighted by molar-refractivity contribution is -0.133. The molecule has 0 aromatic heterocycles. The van der Waals surface area contributed by atoms with Crippen LogP contribution in [0.1, 0.15) is 36.1 Å². The third-order valence-corrected chi connectivity index (χ3v) is 8.96. The van der Waals surface area contributed by atoms with Crippen molar-refractivity contribution in [2.75, 3.05) is 20.8 Å². The molecular formula is C42H51N5O9. The van der Waals surface area contributed by atoms with Crippen LogP contribution in [0.3, 0.4) is 0 Å². The van der Waals surface area contributed by atoms with Gasteiger partial charge in [0.25, 0.3) is 0 Å². The van der Waals surface area contributed by atoms with Crippen LogP contribution in [0.2, 0.25) is 0 Å². The quantitative estimate of drug-likeness (QED) is 0.0701. The number of phenolic OH excluding ortho intramolecular Hbond substituents is 1. The molecule has 0 saturated carbocycles. The van der Waals surface area contributed by atoms with Gasteiger partial charge >= 0.3 is 6.09 Å². The van der Waals surface area contributed by atoms with E-state index in [2.05, 4.69) is 26.6 Å². The number of alkyl carbamates (subject to hydrolysis) is 1. The highest BCUT2D eigenvalue weighted by molar-refractivity contribution is 5.90. The maximum atomic E-state index is 14.2. The SMILES string of the molecule is COc1ccc(CNC(C(=O)NC(C(=O)NCc2ccc(OC)cc2O)C(C)C)C(O)C(Cc2ccccc2)NC(=O)CNC(=O)OCc2ccccc2)cc1. The fraction of sp³-hybridized carbons (Fsp3) is 0.333. The standard InChI is InChI=1S/C42H51N5O9/c1-27(2)37(40(51)44-24-31-17-20-33(55-4)22-35(31)48)47-41(52)38(43-23-29-15-18-32(54-3)19-16-29)39(50)34(21-28-11-7-5-8-12-28)46-36(49)25-45-42(53)56-26-30-13-9-6-10-14-30/h5-20,22,27,34,37-39,43,48,50H,21,23-26H2,1-4H3,(H,44,51)(H,45,53)(H,46,49)(H,47,52). The molecule has 14 nitrogen and oxygen atoms in total. The summed E-state index contributed by atoms with van der Waals surface area (Å²) in [5.74, 6) is -1.18. The van der Waals surface area contributed by atoms with Crippen LogP contribution >= 0.6 is 0 Å². The predicted molar refractivity (Wildman–Crippen MR) is 210 cm³/mol. The van der Waals surface area contributed by atoms with E-state index < -0.39 is 54.6 Å². The van der Waals surface area contributed by atoms with Crippen molar-refractivity contribution in [3.8, 4) is 17.2 Å². The molecule has 4 rings (SSSR count). The van der Waals surface area contributed by atoms with E-state index in [4.69, 9.17) is 14.2 Å². The van der Waals surface area contributed by atoms with Crippen molar-refractivity contribution >= 4 is 23.8 Å². The number of methoxy groups -OCH3 is 2. The van der Waals surface area contributed by atoms with Gasteiger partial charge < -0.3 is 45.7 Å². The fourth-order valence-corrected chi connectivity index (χ4v) is 5.77. The Bertz CT molecular complexity index is 1860. The molecule has 14 heteroatoms. The van der Waals surface area contributed by atoms with Gasteiger partial charge in [-0.2, -0.15) is 0 Å². The smallest absolute Gasteiger partial charge is 0.407 e. The molecule has 0 aliphatic rings. The maximum Gasteiger partial charge on any atom is 0.407 e. The topological polar surface area (TPSA) is 197 Å². The Morgan fingerprint density at radius 2 is 1.30 bits per heavy atom. The summed E-state index contributed by atoms with van der Waals surface area (Å²) in [6.07, 6.45) is -2.21. The van der Waals surface area contributed by atoms with E-state index in [1.54, 1.807) is 69.5 Å². The molecule has 298 valence electrons. The van der Waals surface area contributed by atoms with Gasteiger partial charge in [0.05, 0.1) is 26.4 Å².